The Labute approximate surface area is 209 Å². The smallest absolute Gasteiger partial charge is 0.232 e. The highest BCUT2D eigenvalue weighted by Gasteiger charge is 2.24. The van der Waals surface area contributed by atoms with E-state index in [1.807, 2.05) is 11.0 Å². The number of β-amino-alcohol motifs (C(OH)–C–C–N with tert-alkyl or cyclic N) is 1. The number of nitrogens with one attached hydrogen (secondary N) is 1. The third kappa shape index (κ3) is 4.36. The summed E-state index contributed by atoms with van der Waals surface area (Å²) in [7, 11) is 0. The second-order valence-electron chi connectivity index (χ2n) is 8.26. The van der Waals surface area contributed by atoms with Crippen LogP contribution in [0.1, 0.15) is 30.6 Å². The van der Waals surface area contributed by atoms with Crippen molar-refractivity contribution in [3.05, 3.63) is 63.8 Å². The lowest BCUT2D eigenvalue weighted by molar-refractivity contribution is 0.198. The summed E-state index contributed by atoms with van der Waals surface area (Å²) < 4.78 is 19.9. The Hall–Kier alpha value is -3.45. The molecule has 0 amide bonds. The Morgan fingerprint density at radius 3 is 2.86 bits per heavy atom. The first-order valence-corrected chi connectivity index (χ1v) is 11.6. The standard InChI is InChI=1S/C24H19Cl2FN6O2/c1-12(20-18(25)10-29-23(27)21(20)26)35-16-2-3-19-17(7-16)22(32-31-19)14-6-13(8-28)24(30-9-14)33-5-4-15(34)11-33/h2-3,6-7,9-10,12,15,34H,4-5,11H2,1H3,(H,31,32)/t12?,15-/m0/s1. The maximum atomic E-state index is 13.9. The Balaban J connectivity index is 1.47. The largest absolute Gasteiger partial charge is 0.486 e. The number of ether oxygens (including phenoxy) is 1. The first-order valence-electron chi connectivity index (χ1n) is 10.8. The molecule has 11 heteroatoms. The average molecular weight is 513 g/mol. The normalized spacial score (nSPS) is 16.5. The van der Waals surface area contributed by atoms with Crippen molar-refractivity contribution in [3.8, 4) is 23.1 Å². The van der Waals surface area contributed by atoms with E-state index < -0.39 is 18.2 Å². The Kier molecular flexibility index (Phi) is 6.19. The summed E-state index contributed by atoms with van der Waals surface area (Å²) in [5.74, 6) is 0.221. The van der Waals surface area contributed by atoms with E-state index >= 15 is 0 Å². The number of aromatic amines is 1. The number of aliphatic hydroxyl groups excluding tert-OH is 1. The van der Waals surface area contributed by atoms with E-state index in [0.29, 0.717) is 53.5 Å². The van der Waals surface area contributed by atoms with Gasteiger partial charge < -0.3 is 14.7 Å². The summed E-state index contributed by atoms with van der Waals surface area (Å²) in [6.07, 6.45) is 2.42. The van der Waals surface area contributed by atoms with Crippen molar-refractivity contribution in [2.75, 3.05) is 18.0 Å². The third-order valence-electron chi connectivity index (χ3n) is 5.94. The Bertz CT molecular complexity index is 1470. The van der Waals surface area contributed by atoms with Gasteiger partial charge >= 0.3 is 0 Å². The predicted molar refractivity (Wildman–Crippen MR) is 130 cm³/mol. The molecule has 1 saturated heterocycles. The number of halogens is 3. The minimum Gasteiger partial charge on any atom is -0.486 e. The van der Waals surface area contributed by atoms with Gasteiger partial charge in [-0.15, -0.1) is 0 Å². The van der Waals surface area contributed by atoms with E-state index in [-0.39, 0.29) is 10.0 Å². The SMILES string of the molecule is CC(Oc1ccc2[nH]nc(-c3cnc(N4CC[C@H](O)C4)c(C#N)c3)c2c1)c1c(Cl)cnc(F)c1Cl. The summed E-state index contributed by atoms with van der Waals surface area (Å²) in [6.45, 7) is 2.80. The number of fused-ring (bicyclic) bond motifs is 1. The molecule has 4 heterocycles. The molecule has 0 bridgehead atoms. The fraction of sp³-hybridized carbons (Fsp3) is 0.250. The predicted octanol–water partition coefficient (Wildman–Crippen LogP) is 5.05. The monoisotopic (exact) mass is 512 g/mol. The number of rotatable bonds is 5. The topological polar surface area (TPSA) is 111 Å². The van der Waals surface area contributed by atoms with Crippen molar-refractivity contribution in [1.82, 2.24) is 20.2 Å². The number of H-pyrrole nitrogens is 1. The van der Waals surface area contributed by atoms with Gasteiger partial charge in [0.2, 0.25) is 5.95 Å². The van der Waals surface area contributed by atoms with Crippen LogP contribution in [0.2, 0.25) is 10.0 Å². The number of benzene rings is 1. The highest BCUT2D eigenvalue weighted by molar-refractivity contribution is 6.35. The van der Waals surface area contributed by atoms with Gasteiger partial charge in [-0.2, -0.15) is 14.8 Å². The molecule has 178 valence electrons. The lowest BCUT2D eigenvalue weighted by Gasteiger charge is -2.18. The number of hydrogen-bond acceptors (Lipinski definition) is 7. The van der Waals surface area contributed by atoms with Gasteiger partial charge in [0.1, 0.15) is 34.5 Å². The zero-order valence-corrected chi connectivity index (χ0v) is 20.0. The molecule has 2 N–H and O–H groups in total. The number of nitriles is 1. The maximum Gasteiger partial charge on any atom is 0.232 e. The van der Waals surface area contributed by atoms with E-state index in [2.05, 4.69) is 26.2 Å². The summed E-state index contributed by atoms with van der Waals surface area (Å²) in [6, 6.07) is 9.29. The van der Waals surface area contributed by atoms with Crippen LogP contribution in [0.4, 0.5) is 10.2 Å². The van der Waals surface area contributed by atoms with Crippen molar-refractivity contribution >= 4 is 39.9 Å². The van der Waals surface area contributed by atoms with Crippen LogP contribution in [0.15, 0.2) is 36.7 Å². The first kappa shape index (κ1) is 23.3. The molecule has 4 aromatic rings. The zero-order chi connectivity index (χ0) is 24.7. The lowest BCUT2D eigenvalue weighted by atomic mass is 10.1. The van der Waals surface area contributed by atoms with Crippen LogP contribution in [0.5, 0.6) is 5.75 Å². The van der Waals surface area contributed by atoms with Crippen LogP contribution in [0.3, 0.4) is 0 Å². The molecular weight excluding hydrogens is 494 g/mol. The van der Waals surface area contributed by atoms with Crippen LogP contribution in [-0.4, -0.2) is 44.5 Å². The van der Waals surface area contributed by atoms with Crippen molar-refractivity contribution in [1.29, 1.82) is 5.26 Å². The molecule has 0 radical (unpaired) electrons. The van der Waals surface area contributed by atoms with E-state index in [1.165, 1.54) is 6.20 Å². The quantitative estimate of drug-likeness (QED) is 0.360. The molecule has 1 aromatic carbocycles. The first-order chi connectivity index (χ1) is 16.9. The van der Waals surface area contributed by atoms with Gasteiger partial charge in [0, 0.05) is 42.0 Å². The second kappa shape index (κ2) is 9.30. The summed E-state index contributed by atoms with van der Waals surface area (Å²) in [5, 5.41) is 27.7. The number of nitrogens with zero attached hydrogens (tertiary/aromatic N) is 5. The van der Waals surface area contributed by atoms with Gasteiger partial charge in [-0.05, 0) is 37.6 Å². The van der Waals surface area contributed by atoms with Gasteiger partial charge in [-0.25, -0.2) is 9.97 Å². The van der Waals surface area contributed by atoms with Crippen LogP contribution >= 0.6 is 23.2 Å². The van der Waals surface area contributed by atoms with Crippen LogP contribution in [0, 0.1) is 17.3 Å². The van der Waals surface area contributed by atoms with Crippen molar-refractivity contribution in [3.63, 3.8) is 0 Å². The van der Waals surface area contributed by atoms with E-state index in [0.717, 1.165) is 10.9 Å². The summed E-state index contributed by atoms with van der Waals surface area (Å²) in [4.78, 5) is 9.92. The second-order valence-corrected chi connectivity index (χ2v) is 9.04. The number of aromatic nitrogens is 4. The number of pyridine rings is 2. The Morgan fingerprint density at radius 2 is 2.11 bits per heavy atom. The van der Waals surface area contributed by atoms with Crippen LogP contribution < -0.4 is 9.64 Å². The molecule has 2 atom stereocenters. The van der Waals surface area contributed by atoms with Gasteiger partial charge in [-0.1, -0.05) is 23.2 Å². The van der Waals surface area contributed by atoms with E-state index in [9.17, 15) is 14.8 Å². The number of anilines is 1. The van der Waals surface area contributed by atoms with Crippen molar-refractivity contribution in [2.24, 2.45) is 0 Å². The molecule has 3 aromatic heterocycles. The zero-order valence-electron chi connectivity index (χ0n) is 18.5. The minimum absolute atomic E-state index is 0.184. The van der Waals surface area contributed by atoms with Gasteiger partial charge in [0.15, 0.2) is 0 Å². The molecule has 35 heavy (non-hydrogen) atoms. The maximum absolute atomic E-state index is 13.9. The molecule has 1 aliphatic heterocycles. The van der Waals surface area contributed by atoms with Gasteiger partial charge in [0.05, 0.1) is 22.2 Å². The van der Waals surface area contributed by atoms with E-state index in [4.69, 9.17) is 27.9 Å². The molecule has 5 rings (SSSR count). The highest BCUT2D eigenvalue weighted by Crippen LogP contribution is 2.36. The molecule has 1 fully saturated rings. The summed E-state index contributed by atoms with van der Waals surface area (Å²) >= 11 is 12.3. The lowest BCUT2D eigenvalue weighted by Crippen LogP contribution is -2.23. The van der Waals surface area contributed by atoms with Crippen LogP contribution in [0.25, 0.3) is 22.2 Å². The van der Waals surface area contributed by atoms with Gasteiger partial charge in [0.25, 0.3) is 0 Å². The number of aliphatic hydroxyl groups is 1. The molecule has 1 unspecified atom stereocenters. The van der Waals surface area contributed by atoms with Crippen LogP contribution in [-0.2, 0) is 0 Å². The Morgan fingerprint density at radius 1 is 1.29 bits per heavy atom. The van der Waals surface area contributed by atoms with Gasteiger partial charge in [-0.3, -0.25) is 5.10 Å². The summed E-state index contributed by atoms with van der Waals surface area (Å²) in [5.41, 5.74) is 2.72. The number of hydrogen-bond donors (Lipinski definition) is 2. The molecule has 1 aliphatic rings. The third-order valence-corrected chi connectivity index (χ3v) is 6.60. The average Bonchev–Trinajstić information content (AvgIpc) is 3.47. The fourth-order valence-electron chi connectivity index (χ4n) is 4.23. The molecule has 0 spiro atoms. The fourth-order valence-corrected chi connectivity index (χ4v) is 4.88. The van der Waals surface area contributed by atoms with E-state index in [1.54, 1.807) is 31.3 Å². The molecule has 0 saturated carbocycles. The van der Waals surface area contributed by atoms with Crippen molar-refractivity contribution in [2.45, 2.75) is 25.6 Å². The molecule has 8 nitrogen and oxygen atoms in total. The minimum atomic E-state index is -0.818. The highest BCUT2D eigenvalue weighted by atomic mass is 35.5. The molecule has 0 aliphatic carbocycles. The van der Waals surface area contributed by atoms with Crippen molar-refractivity contribution < 1.29 is 14.2 Å². The molecular formula is C24H19Cl2FN6O2.